The molecule has 2 aromatic rings. The molecule has 0 fully saturated rings. The number of hydrogen-bond donors (Lipinski definition) is 3. The molecule has 0 saturated heterocycles. The Morgan fingerprint density at radius 2 is 2.03 bits per heavy atom. The molecule has 0 spiro atoms. The topological polar surface area (TPSA) is 90.2 Å². The maximum absolute atomic E-state index is 13.4. The first kappa shape index (κ1) is 22.5. The van der Waals surface area contributed by atoms with E-state index in [9.17, 15) is 18.3 Å². The van der Waals surface area contributed by atoms with Crippen LogP contribution in [0.3, 0.4) is 0 Å². The Kier molecular flexibility index (Phi) is 6.97. The van der Waals surface area contributed by atoms with Gasteiger partial charge in [0.25, 0.3) is 0 Å². The highest BCUT2D eigenvalue weighted by Crippen LogP contribution is 2.58. The average Bonchev–Trinajstić information content (AvgIpc) is 2.85. The summed E-state index contributed by atoms with van der Waals surface area (Å²) >= 11 is 1.33. The molecule has 0 bridgehead atoms. The highest BCUT2D eigenvalue weighted by molar-refractivity contribution is 8.24. The summed E-state index contributed by atoms with van der Waals surface area (Å²) in [6.45, 7) is 2.63. The van der Waals surface area contributed by atoms with Gasteiger partial charge in [-0.3, -0.25) is 9.11 Å². The molecule has 0 aromatic heterocycles. The molecule has 1 aliphatic rings. The second-order valence-electron chi connectivity index (χ2n) is 6.91. The third-order valence-electron chi connectivity index (χ3n) is 4.94. The predicted octanol–water partition coefficient (Wildman–Crippen LogP) is 5.97. The van der Waals surface area contributed by atoms with Gasteiger partial charge >= 0.3 is 5.97 Å². The van der Waals surface area contributed by atoms with Crippen molar-refractivity contribution in [2.24, 2.45) is 5.92 Å². The van der Waals surface area contributed by atoms with Gasteiger partial charge in [-0.25, -0.2) is 4.79 Å². The standard InChI is InChI=1S/C21H24FNO5S2/c1-3-14-11-23(15-7-5-4-6-8-15)17-9-19(29-2)18(28-12-16(22)21(24)25)10-20(17)30(26,27)13-14/h4-10,12,14,26-27H,3,11,13H2,1-2H3,(H,24,25)/b16-12-. The maximum Gasteiger partial charge on any atom is 0.368 e. The summed E-state index contributed by atoms with van der Waals surface area (Å²) in [5.41, 5.74) is 1.57. The number of halogens is 1. The van der Waals surface area contributed by atoms with Crippen LogP contribution in [-0.2, 0) is 4.79 Å². The van der Waals surface area contributed by atoms with Crippen LogP contribution in [0, 0.1) is 5.92 Å². The van der Waals surface area contributed by atoms with E-state index >= 15 is 0 Å². The van der Waals surface area contributed by atoms with Crippen molar-refractivity contribution in [1.82, 2.24) is 0 Å². The minimum Gasteiger partial charge on any atom is -0.476 e. The van der Waals surface area contributed by atoms with Crippen molar-refractivity contribution in [3.05, 3.63) is 54.6 Å². The molecular weight excluding hydrogens is 429 g/mol. The molecule has 0 aliphatic carbocycles. The van der Waals surface area contributed by atoms with Crippen molar-refractivity contribution < 1.29 is 28.1 Å². The van der Waals surface area contributed by atoms with E-state index in [0.717, 1.165) is 12.1 Å². The number of ether oxygens (including phenoxy) is 1. The van der Waals surface area contributed by atoms with Crippen LogP contribution in [0.1, 0.15) is 13.3 Å². The van der Waals surface area contributed by atoms with E-state index in [1.165, 1.54) is 17.8 Å². The highest BCUT2D eigenvalue weighted by Gasteiger charge is 2.33. The van der Waals surface area contributed by atoms with Crippen LogP contribution in [0.4, 0.5) is 15.8 Å². The van der Waals surface area contributed by atoms with Crippen molar-refractivity contribution in [2.75, 3.05) is 23.5 Å². The van der Waals surface area contributed by atoms with Gasteiger partial charge in [-0.05, 0) is 30.4 Å². The fourth-order valence-corrected chi connectivity index (χ4v) is 5.86. The van der Waals surface area contributed by atoms with Gasteiger partial charge in [0.1, 0.15) is 12.0 Å². The molecule has 1 heterocycles. The molecule has 1 unspecified atom stereocenters. The zero-order valence-corrected chi connectivity index (χ0v) is 18.3. The van der Waals surface area contributed by atoms with Crippen LogP contribution in [0.5, 0.6) is 5.75 Å². The lowest BCUT2D eigenvalue weighted by Crippen LogP contribution is -2.25. The normalized spacial score (nSPS) is 19.6. The van der Waals surface area contributed by atoms with E-state index in [0.29, 0.717) is 28.3 Å². The minimum atomic E-state index is -3.14. The molecule has 0 radical (unpaired) electrons. The van der Waals surface area contributed by atoms with E-state index < -0.39 is 22.4 Å². The van der Waals surface area contributed by atoms with E-state index in [4.69, 9.17) is 9.84 Å². The molecule has 162 valence electrons. The fraction of sp³-hybridized carbons (Fsp3) is 0.286. The number of benzene rings is 2. The lowest BCUT2D eigenvalue weighted by atomic mass is 10.1. The lowest BCUT2D eigenvalue weighted by Gasteiger charge is -2.34. The molecule has 0 amide bonds. The molecule has 3 rings (SSSR count). The number of rotatable bonds is 6. The number of carbonyl (C=O) groups is 1. The number of hydrogen-bond acceptors (Lipinski definition) is 6. The van der Waals surface area contributed by atoms with Gasteiger partial charge < -0.3 is 14.7 Å². The largest absolute Gasteiger partial charge is 0.476 e. The van der Waals surface area contributed by atoms with Crippen LogP contribution in [-0.4, -0.2) is 38.7 Å². The Labute approximate surface area is 180 Å². The smallest absolute Gasteiger partial charge is 0.368 e. The van der Waals surface area contributed by atoms with Crippen molar-refractivity contribution >= 4 is 39.7 Å². The number of para-hydroxylation sites is 1. The molecule has 1 atom stereocenters. The van der Waals surface area contributed by atoms with Gasteiger partial charge in [0.2, 0.25) is 5.83 Å². The first-order valence-corrected chi connectivity index (χ1v) is 12.3. The number of aliphatic carboxylic acids is 1. The first-order chi connectivity index (χ1) is 14.3. The molecule has 9 heteroatoms. The summed E-state index contributed by atoms with van der Waals surface area (Å²) in [5.74, 6) is -2.76. The second kappa shape index (κ2) is 9.30. The Hall–Kier alpha value is -2.20. The zero-order valence-electron chi connectivity index (χ0n) is 16.6. The predicted molar refractivity (Wildman–Crippen MR) is 119 cm³/mol. The second-order valence-corrected chi connectivity index (χ2v) is 9.87. The maximum atomic E-state index is 13.4. The van der Waals surface area contributed by atoms with Gasteiger partial charge in [0.05, 0.1) is 15.5 Å². The third-order valence-corrected chi connectivity index (χ3v) is 7.66. The summed E-state index contributed by atoms with van der Waals surface area (Å²) in [5, 5.41) is 8.70. The van der Waals surface area contributed by atoms with Crippen LogP contribution in [0.25, 0.3) is 0 Å². The number of fused-ring (bicyclic) bond motifs is 1. The van der Waals surface area contributed by atoms with Gasteiger partial charge in [-0.2, -0.15) is 15.0 Å². The third kappa shape index (κ3) is 4.75. The monoisotopic (exact) mass is 453 g/mol. The quantitative estimate of drug-likeness (QED) is 0.282. The minimum absolute atomic E-state index is 0.0501. The van der Waals surface area contributed by atoms with Crippen LogP contribution < -0.4 is 9.64 Å². The SMILES string of the molecule is CCC1CN(c2ccccc2)c2cc(SC)c(O/C=C(\F)C(=O)O)cc2S(O)(O)C1. The Balaban J connectivity index is 2.17. The van der Waals surface area contributed by atoms with Crippen molar-refractivity contribution in [3.63, 3.8) is 0 Å². The van der Waals surface area contributed by atoms with Gasteiger partial charge in [0, 0.05) is 24.1 Å². The fourth-order valence-electron chi connectivity index (χ4n) is 3.35. The van der Waals surface area contributed by atoms with E-state index in [1.54, 1.807) is 6.07 Å². The highest BCUT2D eigenvalue weighted by atomic mass is 32.3. The van der Waals surface area contributed by atoms with Crippen molar-refractivity contribution in [3.8, 4) is 5.75 Å². The van der Waals surface area contributed by atoms with E-state index in [1.807, 2.05) is 43.5 Å². The van der Waals surface area contributed by atoms with Gasteiger partial charge in [-0.1, -0.05) is 31.5 Å². The molecular formula is C21H24FNO5S2. The summed E-state index contributed by atoms with van der Waals surface area (Å²) in [6.07, 6.45) is 3.09. The molecule has 0 saturated carbocycles. The van der Waals surface area contributed by atoms with Crippen LogP contribution in [0.15, 0.2) is 64.3 Å². The van der Waals surface area contributed by atoms with Gasteiger partial charge in [-0.15, -0.1) is 11.8 Å². The number of anilines is 2. The number of thioether (sulfide) groups is 1. The van der Waals surface area contributed by atoms with Crippen LogP contribution in [0.2, 0.25) is 0 Å². The molecule has 30 heavy (non-hydrogen) atoms. The van der Waals surface area contributed by atoms with Crippen molar-refractivity contribution in [2.45, 2.75) is 23.1 Å². The zero-order chi connectivity index (χ0) is 21.9. The number of carboxylic acid groups (broad SMARTS) is 1. The average molecular weight is 454 g/mol. The van der Waals surface area contributed by atoms with E-state index in [-0.39, 0.29) is 17.4 Å². The van der Waals surface area contributed by atoms with Crippen molar-refractivity contribution in [1.29, 1.82) is 0 Å². The van der Waals surface area contributed by atoms with E-state index in [2.05, 4.69) is 4.90 Å². The molecule has 1 aliphatic heterocycles. The number of carboxylic acids is 1. The first-order valence-electron chi connectivity index (χ1n) is 9.33. The Morgan fingerprint density at radius 1 is 1.33 bits per heavy atom. The summed E-state index contributed by atoms with van der Waals surface area (Å²) in [4.78, 5) is 13.7. The van der Waals surface area contributed by atoms with Crippen LogP contribution >= 0.6 is 22.4 Å². The molecule has 2 aromatic carbocycles. The Bertz CT molecular complexity index is 952. The lowest BCUT2D eigenvalue weighted by molar-refractivity contribution is -0.134. The molecule has 3 N–H and O–H groups in total. The summed E-state index contributed by atoms with van der Waals surface area (Å²) in [7, 11) is -3.14. The molecule has 6 nitrogen and oxygen atoms in total. The number of nitrogens with zero attached hydrogens (tertiary/aromatic N) is 1. The Morgan fingerprint density at radius 3 is 2.63 bits per heavy atom. The summed E-state index contributed by atoms with van der Waals surface area (Å²) in [6, 6.07) is 12.9. The summed E-state index contributed by atoms with van der Waals surface area (Å²) < 4.78 is 40.7. The van der Waals surface area contributed by atoms with Gasteiger partial charge in [0.15, 0.2) is 0 Å².